The van der Waals surface area contributed by atoms with Gasteiger partial charge < -0.3 is 29.0 Å². The van der Waals surface area contributed by atoms with E-state index in [1.165, 1.54) is 5.57 Å². The van der Waals surface area contributed by atoms with Gasteiger partial charge in [0.05, 0.1) is 49.7 Å². The van der Waals surface area contributed by atoms with Gasteiger partial charge in [0, 0.05) is 32.3 Å². The first-order valence-corrected chi connectivity index (χ1v) is 14.4. The highest BCUT2D eigenvalue weighted by Crippen LogP contribution is 2.60. The number of hydrogen-bond acceptors (Lipinski definition) is 7. The van der Waals surface area contributed by atoms with Crippen molar-refractivity contribution >= 4 is 11.9 Å². The summed E-state index contributed by atoms with van der Waals surface area (Å²) in [4.78, 5) is 21.6. The third-order valence-corrected chi connectivity index (χ3v) is 9.22. The number of nitrogens with zero attached hydrogens (tertiary/aromatic N) is 3. The molecule has 7 atom stereocenters. The third kappa shape index (κ3) is 5.43. The predicted molar refractivity (Wildman–Crippen MR) is 148 cm³/mol. The van der Waals surface area contributed by atoms with Crippen molar-refractivity contribution in [3.63, 3.8) is 0 Å². The van der Waals surface area contributed by atoms with Crippen LogP contribution < -0.4 is 4.90 Å². The summed E-state index contributed by atoms with van der Waals surface area (Å²) in [7, 11) is 1.70. The maximum absolute atomic E-state index is 13.0. The second-order valence-electron chi connectivity index (χ2n) is 12.4. The normalized spacial score (nSPS) is 34.6. The second kappa shape index (κ2) is 11.0. The number of hydrogen-bond donors (Lipinski definition) is 1. The summed E-state index contributed by atoms with van der Waals surface area (Å²) in [6, 6.07) is 3.35. The van der Waals surface area contributed by atoms with E-state index in [9.17, 15) is 9.90 Å². The zero-order valence-corrected chi connectivity index (χ0v) is 24.3. The number of methoxy groups -OCH3 is 1. The van der Waals surface area contributed by atoms with Crippen LogP contribution in [0.25, 0.3) is 0 Å². The van der Waals surface area contributed by atoms with Gasteiger partial charge in [0.2, 0.25) is 0 Å². The number of aromatic nitrogens is 1. The Hall–Kier alpha value is -2.20. The number of rotatable bonds is 9. The van der Waals surface area contributed by atoms with E-state index in [1.54, 1.807) is 12.0 Å². The first-order chi connectivity index (χ1) is 18.6. The van der Waals surface area contributed by atoms with Crippen molar-refractivity contribution in [1.82, 2.24) is 9.88 Å². The molecule has 1 aliphatic carbocycles. The quantitative estimate of drug-likeness (QED) is 0.354. The number of amides is 1. The highest BCUT2D eigenvalue weighted by Gasteiger charge is 2.72. The molecule has 0 bridgehead atoms. The highest BCUT2D eigenvalue weighted by atomic mass is 16.6. The SMILES string of the molecule is CO[C@@H]1[C@H](N(C(=O)O)[C@H](c2ccc(N3CCOCC3)nc2)C(C)C)CC[C@]2(CO2)[C@H]1[C@@]1(C)O[C@@H]1CC=C(C)C. The van der Waals surface area contributed by atoms with Crippen LogP contribution in [0.4, 0.5) is 10.6 Å². The Morgan fingerprint density at radius 3 is 2.56 bits per heavy atom. The van der Waals surface area contributed by atoms with E-state index in [2.05, 4.69) is 45.6 Å². The molecule has 0 aromatic carbocycles. The van der Waals surface area contributed by atoms with Gasteiger partial charge in [-0.1, -0.05) is 31.6 Å². The molecule has 9 nitrogen and oxygen atoms in total. The Balaban J connectivity index is 1.43. The van der Waals surface area contributed by atoms with E-state index in [4.69, 9.17) is 23.9 Å². The van der Waals surface area contributed by atoms with Gasteiger partial charge in [-0.2, -0.15) is 0 Å². The van der Waals surface area contributed by atoms with Crippen molar-refractivity contribution in [3.05, 3.63) is 35.5 Å². The number of allylic oxidation sites excluding steroid dienone is 1. The fourth-order valence-corrected chi connectivity index (χ4v) is 7.15. The molecule has 1 amide bonds. The fraction of sp³-hybridized carbons (Fsp3) is 0.733. The van der Waals surface area contributed by atoms with E-state index in [-0.39, 0.29) is 41.7 Å². The zero-order chi connectivity index (χ0) is 27.9. The number of anilines is 1. The number of epoxide rings is 2. The lowest BCUT2D eigenvalue weighted by molar-refractivity contribution is -0.102. The van der Waals surface area contributed by atoms with E-state index >= 15 is 0 Å². The molecule has 9 heteroatoms. The van der Waals surface area contributed by atoms with Crippen LogP contribution in [0.3, 0.4) is 0 Å². The van der Waals surface area contributed by atoms with Gasteiger partial charge >= 0.3 is 6.09 Å². The smallest absolute Gasteiger partial charge is 0.408 e. The summed E-state index contributed by atoms with van der Waals surface area (Å²) in [5.74, 6) is 0.882. The van der Waals surface area contributed by atoms with Crippen molar-refractivity contribution in [2.45, 2.75) is 89.4 Å². The molecular formula is C30H45N3O6. The van der Waals surface area contributed by atoms with Crippen LogP contribution >= 0.6 is 0 Å². The van der Waals surface area contributed by atoms with Crippen LogP contribution in [0.2, 0.25) is 0 Å². The average Bonchev–Trinajstić information content (AvgIpc) is 3.83. The topological polar surface area (TPSA) is 100 Å². The van der Waals surface area contributed by atoms with Gasteiger partial charge in [0.25, 0.3) is 0 Å². The van der Waals surface area contributed by atoms with Gasteiger partial charge in [0.1, 0.15) is 11.4 Å². The predicted octanol–water partition coefficient (Wildman–Crippen LogP) is 4.67. The summed E-state index contributed by atoms with van der Waals surface area (Å²) in [5, 5.41) is 10.7. The van der Waals surface area contributed by atoms with Crippen LogP contribution in [0.1, 0.15) is 65.5 Å². The van der Waals surface area contributed by atoms with E-state index in [1.807, 2.05) is 18.3 Å². The third-order valence-electron chi connectivity index (χ3n) is 9.22. The van der Waals surface area contributed by atoms with Gasteiger partial charge in [-0.15, -0.1) is 0 Å². The van der Waals surface area contributed by atoms with E-state index < -0.39 is 11.7 Å². The van der Waals surface area contributed by atoms with Crippen LogP contribution in [-0.2, 0) is 18.9 Å². The maximum atomic E-state index is 13.0. The second-order valence-corrected chi connectivity index (χ2v) is 12.4. The van der Waals surface area contributed by atoms with Crippen molar-refractivity contribution < 1.29 is 28.8 Å². The molecule has 3 aliphatic heterocycles. The minimum atomic E-state index is -0.938. The molecule has 216 valence electrons. The van der Waals surface area contributed by atoms with E-state index in [0.717, 1.165) is 37.3 Å². The van der Waals surface area contributed by atoms with Gasteiger partial charge in [-0.05, 0) is 57.6 Å². The lowest BCUT2D eigenvalue weighted by Crippen LogP contribution is -2.61. The first kappa shape index (κ1) is 28.3. The van der Waals surface area contributed by atoms with Crippen molar-refractivity contribution in [1.29, 1.82) is 0 Å². The lowest BCUT2D eigenvalue weighted by Gasteiger charge is -2.49. The average molecular weight is 544 g/mol. The van der Waals surface area contributed by atoms with Crippen LogP contribution in [0.15, 0.2) is 30.0 Å². The summed E-state index contributed by atoms with van der Waals surface area (Å²) in [5.41, 5.74) is 1.44. The first-order valence-electron chi connectivity index (χ1n) is 14.4. The van der Waals surface area contributed by atoms with Gasteiger partial charge in [-0.25, -0.2) is 9.78 Å². The molecule has 4 aliphatic rings. The molecule has 4 heterocycles. The molecular weight excluding hydrogens is 498 g/mol. The van der Waals surface area contributed by atoms with Crippen LogP contribution in [0, 0.1) is 11.8 Å². The fourth-order valence-electron chi connectivity index (χ4n) is 7.15. The largest absolute Gasteiger partial charge is 0.465 e. The molecule has 1 N–H and O–H groups in total. The Bertz CT molecular complexity index is 1050. The molecule has 3 saturated heterocycles. The van der Waals surface area contributed by atoms with E-state index in [0.29, 0.717) is 26.2 Å². The maximum Gasteiger partial charge on any atom is 0.408 e. The molecule has 5 rings (SSSR count). The molecule has 0 radical (unpaired) electrons. The van der Waals surface area contributed by atoms with Crippen molar-refractivity contribution in [2.75, 3.05) is 44.9 Å². The highest BCUT2D eigenvalue weighted by molar-refractivity contribution is 5.66. The molecule has 0 unspecified atom stereocenters. The minimum absolute atomic E-state index is 0.0410. The Morgan fingerprint density at radius 1 is 1.31 bits per heavy atom. The molecule has 1 aromatic rings. The number of morpholine rings is 1. The number of pyridine rings is 1. The number of carbonyl (C=O) groups is 1. The van der Waals surface area contributed by atoms with Gasteiger partial charge in [0.15, 0.2) is 0 Å². The molecule has 4 fully saturated rings. The Kier molecular flexibility index (Phi) is 7.99. The van der Waals surface area contributed by atoms with Crippen LogP contribution in [0.5, 0.6) is 0 Å². The summed E-state index contributed by atoms with van der Waals surface area (Å²) >= 11 is 0. The molecule has 39 heavy (non-hydrogen) atoms. The minimum Gasteiger partial charge on any atom is -0.465 e. The summed E-state index contributed by atoms with van der Waals surface area (Å²) < 4.78 is 24.2. The number of carboxylic acid groups (broad SMARTS) is 1. The van der Waals surface area contributed by atoms with Gasteiger partial charge in [-0.3, -0.25) is 4.90 Å². The van der Waals surface area contributed by atoms with Crippen molar-refractivity contribution in [3.8, 4) is 0 Å². The standard InChI is InChI=1S/C30H45N3O6/c1-19(2)7-9-23-29(5,39-23)27-26(36-6)22(11-12-30(27)18-38-30)33(28(34)35)25(20(3)4)21-8-10-24(31-17-21)32-13-15-37-16-14-32/h7-8,10,17,20,22-23,25-27H,9,11-16,18H2,1-6H3,(H,34,35)/t22-,23-,25+,26-,27-,29+,30+/m1/s1. The van der Waals surface area contributed by atoms with Crippen molar-refractivity contribution in [2.24, 2.45) is 11.8 Å². The molecule has 1 spiro atoms. The molecule has 1 aromatic heterocycles. The van der Waals surface area contributed by atoms with Crippen LogP contribution in [-0.4, -0.2) is 90.6 Å². The summed E-state index contributed by atoms with van der Waals surface area (Å²) in [6.07, 6.45) is 5.16. The lowest BCUT2D eigenvalue weighted by atomic mass is 9.67. The Labute approximate surface area is 232 Å². The molecule has 1 saturated carbocycles. The summed E-state index contributed by atoms with van der Waals surface area (Å²) in [6.45, 7) is 14.2. The monoisotopic (exact) mass is 543 g/mol. The Morgan fingerprint density at radius 2 is 2.03 bits per heavy atom. The zero-order valence-electron chi connectivity index (χ0n) is 24.3. The number of ether oxygens (including phenoxy) is 4.